The van der Waals surface area contributed by atoms with E-state index in [1.807, 2.05) is 18.2 Å². The largest absolute Gasteiger partial charge is 0.465 e. The molecule has 1 saturated heterocycles. The second-order valence-electron chi connectivity index (χ2n) is 16.3. The van der Waals surface area contributed by atoms with Crippen molar-refractivity contribution in [1.29, 1.82) is 0 Å². The third kappa shape index (κ3) is 3.27. The van der Waals surface area contributed by atoms with Gasteiger partial charge in [-0.1, -0.05) is 39.8 Å². The van der Waals surface area contributed by atoms with Gasteiger partial charge in [-0.15, -0.1) is 0 Å². The maximum absolute atomic E-state index is 12.1. The number of hydrogen-bond donors (Lipinski definition) is 2. The number of nitrogens with zero attached hydrogens (tertiary/aromatic N) is 1. The molecule has 2 unspecified atom stereocenters. The van der Waals surface area contributed by atoms with Gasteiger partial charge in [-0.2, -0.15) is 4.99 Å². The molecule has 42 heavy (non-hydrogen) atoms. The molecule has 0 aromatic heterocycles. The van der Waals surface area contributed by atoms with E-state index in [1.165, 1.54) is 25.5 Å². The highest BCUT2D eigenvalue weighted by Crippen LogP contribution is 2.78. The Labute approximate surface area is 252 Å². The molecule has 1 spiro atoms. The van der Waals surface area contributed by atoms with Crippen molar-refractivity contribution in [3.05, 3.63) is 35.4 Å². The molecule has 1 heterocycles. The molecule has 6 fully saturated rings. The number of ether oxygens (including phenoxy) is 1. The summed E-state index contributed by atoms with van der Waals surface area (Å²) >= 11 is 0. The summed E-state index contributed by atoms with van der Waals surface area (Å²) in [5.74, 6) is 2.68. The van der Waals surface area contributed by atoms with Crippen molar-refractivity contribution >= 4 is 12.0 Å². The molecule has 0 radical (unpaired) electrons. The van der Waals surface area contributed by atoms with Gasteiger partial charge in [-0.25, -0.2) is 9.59 Å². The van der Waals surface area contributed by atoms with Gasteiger partial charge in [-0.05, 0) is 129 Å². The fraction of sp³-hybridized carbons (Fsp3) is 0.778. The number of nitrogens with one attached hydrogen (secondary N) is 1. The zero-order chi connectivity index (χ0) is 29.9. The summed E-state index contributed by atoms with van der Waals surface area (Å²) in [5, 5.41) is 4.19. The number of carbonyl (C=O) groups excluding carboxylic acids is 2. The van der Waals surface area contributed by atoms with Gasteiger partial charge in [0.1, 0.15) is 0 Å². The van der Waals surface area contributed by atoms with E-state index in [4.69, 9.17) is 10.5 Å². The first-order valence-electron chi connectivity index (χ1n) is 16.7. The molecule has 228 valence electrons. The van der Waals surface area contributed by atoms with Crippen molar-refractivity contribution in [2.45, 2.75) is 127 Å². The molecular formula is C36H51N3O3. The van der Waals surface area contributed by atoms with Gasteiger partial charge < -0.3 is 15.8 Å². The van der Waals surface area contributed by atoms with E-state index >= 15 is 0 Å². The second kappa shape index (κ2) is 9.02. The average molecular weight is 574 g/mol. The van der Waals surface area contributed by atoms with Gasteiger partial charge in [-0.3, -0.25) is 0 Å². The minimum atomic E-state index is -0.280. The number of benzene rings is 1. The van der Waals surface area contributed by atoms with E-state index < -0.39 is 0 Å². The maximum atomic E-state index is 12.1. The zero-order valence-electron chi connectivity index (χ0n) is 26.6. The minimum Gasteiger partial charge on any atom is -0.465 e. The molecule has 7 rings (SSSR count). The fourth-order valence-electron chi connectivity index (χ4n) is 13.1. The highest BCUT2D eigenvalue weighted by Gasteiger charge is 2.82. The number of aliphatic imine (C=N–C) groups is 1. The van der Waals surface area contributed by atoms with Crippen LogP contribution < -0.4 is 11.1 Å². The number of nitrogens with two attached hydrogens (primary N) is 1. The Morgan fingerprint density at radius 3 is 2.38 bits per heavy atom. The molecular weight excluding hydrogens is 522 g/mol. The molecule has 1 aromatic carbocycles. The van der Waals surface area contributed by atoms with Crippen LogP contribution in [0, 0.1) is 40.4 Å². The second-order valence-corrected chi connectivity index (χ2v) is 16.3. The lowest BCUT2D eigenvalue weighted by Crippen LogP contribution is -2.75. The van der Waals surface area contributed by atoms with Crippen molar-refractivity contribution in [3.63, 3.8) is 0 Å². The summed E-state index contributed by atoms with van der Waals surface area (Å²) < 4.78 is 4.93. The molecule has 6 aliphatic rings. The van der Waals surface area contributed by atoms with E-state index in [0.717, 1.165) is 51.4 Å². The normalized spacial score (nSPS) is 50.3. The number of fused-ring (bicyclic) bond motifs is 6. The van der Waals surface area contributed by atoms with E-state index in [-0.39, 0.29) is 39.0 Å². The van der Waals surface area contributed by atoms with Crippen molar-refractivity contribution in [1.82, 2.24) is 5.32 Å². The minimum absolute atomic E-state index is 0.0430. The van der Waals surface area contributed by atoms with E-state index in [2.05, 4.69) is 57.1 Å². The lowest BCUT2D eigenvalue weighted by atomic mass is 9.35. The lowest BCUT2D eigenvalue weighted by molar-refractivity contribution is -0.176. The number of rotatable bonds is 4. The van der Waals surface area contributed by atoms with Crippen LogP contribution in [0.3, 0.4) is 0 Å². The molecule has 6 heteroatoms. The average Bonchev–Trinajstić information content (AvgIpc) is 3.43. The Balaban J connectivity index is 1.21. The monoisotopic (exact) mass is 573 g/mol. The molecule has 1 aliphatic heterocycles. The Bertz CT molecular complexity index is 1340. The predicted molar refractivity (Wildman–Crippen MR) is 164 cm³/mol. The van der Waals surface area contributed by atoms with Crippen LogP contribution in [0.1, 0.15) is 121 Å². The summed E-state index contributed by atoms with van der Waals surface area (Å²) in [6.07, 6.45) is 13.1. The van der Waals surface area contributed by atoms with Crippen LogP contribution >= 0.6 is 0 Å². The predicted octanol–water partition coefficient (Wildman–Crippen LogP) is 6.53. The van der Waals surface area contributed by atoms with Crippen LogP contribution in [0.25, 0.3) is 0 Å². The zero-order valence-corrected chi connectivity index (χ0v) is 26.6. The summed E-state index contributed by atoms with van der Waals surface area (Å²) in [5.41, 5.74) is 9.74. The van der Waals surface area contributed by atoms with Crippen LogP contribution in [-0.4, -0.2) is 41.3 Å². The van der Waals surface area contributed by atoms with Crippen LogP contribution in [0.4, 0.5) is 0 Å². The molecule has 0 amide bonds. The topological polar surface area (TPSA) is 104 Å². The van der Waals surface area contributed by atoms with Crippen molar-refractivity contribution in [3.8, 4) is 0 Å². The molecule has 0 bridgehead atoms. The fourth-order valence-corrected chi connectivity index (χ4v) is 13.1. The van der Waals surface area contributed by atoms with Gasteiger partial charge >= 0.3 is 5.97 Å². The first kappa shape index (κ1) is 28.7. The van der Waals surface area contributed by atoms with E-state index in [1.54, 1.807) is 0 Å². The third-order valence-electron chi connectivity index (χ3n) is 15.2. The van der Waals surface area contributed by atoms with Crippen molar-refractivity contribution in [2.75, 3.05) is 7.11 Å². The first-order valence-corrected chi connectivity index (χ1v) is 16.7. The molecule has 5 aliphatic carbocycles. The Hall–Kier alpha value is -2.01. The van der Waals surface area contributed by atoms with E-state index in [0.29, 0.717) is 41.1 Å². The van der Waals surface area contributed by atoms with Gasteiger partial charge in [0.15, 0.2) is 0 Å². The van der Waals surface area contributed by atoms with Crippen molar-refractivity contribution < 1.29 is 14.3 Å². The van der Waals surface area contributed by atoms with Crippen LogP contribution in [0.5, 0.6) is 0 Å². The Morgan fingerprint density at radius 1 is 0.976 bits per heavy atom. The van der Waals surface area contributed by atoms with Crippen LogP contribution in [0.15, 0.2) is 29.3 Å². The number of methoxy groups -OCH3 is 1. The van der Waals surface area contributed by atoms with Crippen LogP contribution in [0.2, 0.25) is 0 Å². The lowest BCUT2D eigenvalue weighted by Gasteiger charge is -2.71. The highest BCUT2D eigenvalue weighted by atomic mass is 16.5. The van der Waals surface area contributed by atoms with Gasteiger partial charge in [0.25, 0.3) is 0 Å². The first-order chi connectivity index (χ1) is 19.9. The number of carbonyl (C=O) groups is 1. The standard InChI is InChI=1S/C36H51N3O3/c1-22(2)25-13-16-34(38-21-40)18-19-35(37)27(29(25)34)11-12-28-31(35,3)17-20-36-32(28,4)15-14-26(33(36,5)39-36)23-7-9-24(10-8-23)30(41)42-6/h7-10,22,25-29,39H,11-20,37H2,1-6H3/t25-,26?,27+,28-,29+,31+,32+,33?,34-,35-,36-/m0/s1. The number of hydrogen-bond acceptors (Lipinski definition) is 6. The molecule has 5 saturated carbocycles. The molecule has 11 atom stereocenters. The molecule has 6 nitrogen and oxygen atoms in total. The number of esters is 1. The quantitative estimate of drug-likeness (QED) is 0.184. The SMILES string of the molecule is COC(=O)c1ccc(C2CC[C@]3(C)[C@H]4CC[C@@H]5[C@H]6[C@H](C(C)C)CC[C@]6(N=C=O)CC[C@@]5(N)[C@]4(C)CC[C@]34NC24C)cc1. The van der Waals surface area contributed by atoms with E-state index in [9.17, 15) is 9.59 Å². The van der Waals surface area contributed by atoms with Gasteiger partial charge in [0.05, 0.1) is 18.2 Å². The smallest absolute Gasteiger partial charge is 0.337 e. The Kier molecular flexibility index (Phi) is 6.17. The summed E-state index contributed by atoms with van der Waals surface area (Å²) in [7, 11) is 1.44. The molecule has 3 N–H and O–H groups in total. The summed E-state index contributed by atoms with van der Waals surface area (Å²) in [6.45, 7) is 12.3. The maximum Gasteiger partial charge on any atom is 0.337 e. The van der Waals surface area contributed by atoms with Gasteiger partial charge in [0, 0.05) is 22.5 Å². The Morgan fingerprint density at radius 2 is 1.71 bits per heavy atom. The summed E-state index contributed by atoms with van der Waals surface area (Å²) in [4.78, 5) is 28.4. The molecule has 1 aromatic rings. The summed E-state index contributed by atoms with van der Waals surface area (Å²) in [6, 6.07) is 8.15. The van der Waals surface area contributed by atoms with Gasteiger partial charge in [0.2, 0.25) is 6.08 Å². The number of isocyanates is 1. The third-order valence-corrected chi connectivity index (χ3v) is 15.2. The van der Waals surface area contributed by atoms with Crippen molar-refractivity contribution in [2.24, 2.45) is 51.1 Å². The van der Waals surface area contributed by atoms with Crippen LogP contribution in [-0.2, 0) is 9.53 Å². The highest BCUT2D eigenvalue weighted by molar-refractivity contribution is 5.89.